The molecular weight excluding hydrogens is 502 g/mol. The second kappa shape index (κ2) is 12.2. The summed E-state index contributed by atoms with van der Waals surface area (Å²) in [5.41, 5.74) is 1.05. The number of nitrogens with zero attached hydrogens (tertiary/aromatic N) is 1. The van der Waals surface area contributed by atoms with Gasteiger partial charge in [0.15, 0.2) is 18.2 Å². The van der Waals surface area contributed by atoms with E-state index in [2.05, 4.69) is 5.32 Å². The summed E-state index contributed by atoms with van der Waals surface area (Å²) in [7, 11) is 0. The number of para-hydroxylation sites is 1. The quantitative estimate of drug-likeness (QED) is 0.365. The van der Waals surface area contributed by atoms with E-state index in [4.69, 9.17) is 27.9 Å². The Kier molecular flexibility index (Phi) is 9.35. The summed E-state index contributed by atoms with van der Waals surface area (Å²) in [4.78, 5) is 28.5. The largest absolute Gasteiger partial charge is 0.481 e. The summed E-state index contributed by atoms with van der Waals surface area (Å²) < 4.78 is 19.6. The lowest BCUT2D eigenvalue weighted by Crippen LogP contribution is -2.55. The van der Waals surface area contributed by atoms with Crippen LogP contribution in [0.2, 0.25) is 10.0 Å². The molecule has 5 nitrogen and oxygen atoms in total. The third kappa shape index (κ3) is 7.97. The molecule has 0 radical (unpaired) electrons. The first-order valence-corrected chi connectivity index (χ1v) is 12.3. The lowest BCUT2D eigenvalue weighted by Gasteiger charge is -2.33. The maximum atomic E-state index is 14.1. The molecule has 1 N–H and O–H groups in total. The first-order chi connectivity index (χ1) is 17.0. The van der Waals surface area contributed by atoms with Crippen LogP contribution >= 0.6 is 23.2 Å². The van der Waals surface area contributed by atoms with Crippen LogP contribution in [0.25, 0.3) is 0 Å². The normalized spacial score (nSPS) is 12.1. The molecular formula is C28H29Cl2FN2O3. The number of nitrogens with one attached hydrogen (secondary N) is 1. The standard InChI is InChI=1S/C28H29Cl2FN2O3/c1-28(2,3)32-27(35)24(16-19-9-5-4-6-10-19)33(17-20-13-14-21(29)22(30)15-20)26(34)18-36-25-12-8-7-11-23(25)31/h4-15,24H,16-18H2,1-3H3,(H,32,35). The van der Waals surface area contributed by atoms with Crippen molar-refractivity contribution in [1.29, 1.82) is 0 Å². The Hall–Kier alpha value is -3.09. The summed E-state index contributed by atoms with van der Waals surface area (Å²) in [6, 6.07) is 19.5. The van der Waals surface area contributed by atoms with Gasteiger partial charge in [0.25, 0.3) is 5.91 Å². The SMILES string of the molecule is CC(C)(C)NC(=O)C(Cc1ccccc1)N(Cc1ccc(Cl)c(Cl)c1)C(=O)COc1ccccc1F. The van der Waals surface area contributed by atoms with Crippen LogP contribution in [0.15, 0.2) is 72.8 Å². The van der Waals surface area contributed by atoms with Gasteiger partial charge in [-0.25, -0.2) is 4.39 Å². The van der Waals surface area contributed by atoms with Crippen LogP contribution < -0.4 is 10.1 Å². The molecule has 2 amide bonds. The van der Waals surface area contributed by atoms with E-state index >= 15 is 0 Å². The van der Waals surface area contributed by atoms with Gasteiger partial charge in [-0.15, -0.1) is 0 Å². The molecule has 0 bridgehead atoms. The maximum absolute atomic E-state index is 14.1. The van der Waals surface area contributed by atoms with E-state index < -0.39 is 29.9 Å². The molecule has 0 saturated heterocycles. The Balaban J connectivity index is 1.96. The second-order valence-corrected chi connectivity index (χ2v) is 10.2. The number of amides is 2. The van der Waals surface area contributed by atoms with Gasteiger partial charge in [0.2, 0.25) is 5.91 Å². The van der Waals surface area contributed by atoms with Gasteiger partial charge in [-0.05, 0) is 56.2 Å². The fraction of sp³-hybridized carbons (Fsp3) is 0.286. The number of benzene rings is 3. The van der Waals surface area contributed by atoms with Crippen LogP contribution in [0.5, 0.6) is 5.75 Å². The Labute approximate surface area is 221 Å². The zero-order valence-corrected chi connectivity index (χ0v) is 21.9. The van der Waals surface area contributed by atoms with E-state index in [1.54, 1.807) is 24.3 Å². The molecule has 0 saturated carbocycles. The summed E-state index contributed by atoms with van der Waals surface area (Å²) in [6.07, 6.45) is 0.273. The van der Waals surface area contributed by atoms with Crippen molar-refractivity contribution in [2.75, 3.05) is 6.61 Å². The molecule has 0 aliphatic rings. The van der Waals surface area contributed by atoms with E-state index in [-0.39, 0.29) is 24.6 Å². The molecule has 190 valence electrons. The van der Waals surface area contributed by atoms with Gasteiger partial charge < -0.3 is 15.0 Å². The number of rotatable bonds is 9. The van der Waals surface area contributed by atoms with Crippen LogP contribution in [-0.2, 0) is 22.6 Å². The summed E-state index contributed by atoms with van der Waals surface area (Å²) in [5, 5.41) is 3.70. The zero-order valence-electron chi connectivity index (χ0n) is 20.4. The van der Waals surface area contributed by atoms with E-state index in [1.165, 1.54) is 23.1 Å². The van der Waals surface area contributed by atoms with E-state index in [9.17, 15) is 14.0 Å². The molecule has 0 aromatic heterocycles. The van der Waals surface area contributed by atoms with E-state index in [1.807, 2.05) is 51.1 Å². The minimum Gasteiger partial charge on any atom is -0.481 e. The first kappa shape index (κ1) is 27.5. The van der Waals surface area contributed by atoms with Gasteiger partial charge in [0.05, 0.1) is 10.0 Å². The minimum atomic E-state index is -0.863. The predicted molar refractivity (Wildman–Crippen MR) is 141 cm³/mol. The van der Waals surface area contributed by atoms with Gasteiger partial charge in [0, 0.05) is 18.5 Å². The van der Waals surface area contributed by atoms with Crippen LogP contribution in [-0.4, -0.2) is 34.9 Å². The van der Waals surface area contributed by atoms with E-state index in [0.29, 0.717) is 15.6 Å². The van der Waals surface area contributed by atoms with Gasteiger partial charge in [-0.2, -0.15) is 0 Å². The minimum absolute atomic E-state index is 0.0425. The summed E-state index contributed by atoms with van der Waals surface area (Å²) >= 11 is 12.3. The monoisotopic (exact) mass is 530 g/mol. The summed E-state index contributed by atoms with van der Waals surface area (Å²) in [6.45, 7) is 5.24. The Bertz CT molecular complexity index is 1200. The average molecular weight is 531 g/mol. The highest BCUT2D eigenvalue weighted by Gasteiger charge is 2.32. The third-order valence-electron chi connectivity index (χ3n) is 5.29. The highest BCUT2D eigenvalue weighted by molar-refractivity contribution is 6.42. The highest BCUT2D eigenvalue weighted by Crippen LogP contribution is 2.25. The van der Waals surface area contributed by atoms with Crippen LogP contribution in [0.1, 0.15) is 31.9 Å². The van der Waals surface area contributed by atoms with E-state index in [0.717, 1.165) is 5.56 Å². The fourth-order valence-corrected chi connectivity index (χ4v) is 3.95. The van der Waals surface area contributed by atoms with Crippen LogP contribution in [0, 0.1) is 5.82 Å². The topological polar surface area (TPSA) is 58.6 Å². The Morgan fingerprint density at radius 3 is 2.25 bits per heavy atom. The van der Waals surface area contributed by atoms with Crippen molar-refractivity contribution in [3.8, 4) is 5.75 Å². The predicted octanol–water partition coefficient (Wildman–Crippen LogP) is 6.07. The fourth-order valence-electron chi connectivity index (χ4n) is 3.63. The molecule has 3 aromatic carbocycles. The highest BCUT2D eigenvalue weighted by atomic mass is 35.5. The second-order valence-electron chi connectivity index (χ2n) is 9.43. The molecule has 8 heteroatoms. The van der Waals surface area contributed by atoms with Gasteiger partial charge in [-0.3, -0.25) is 9.59 Å². The zero-order chi connectivity index (χ0) is 26.3. The third-order valence-corrected chi connectivity index (χ3v) is 6.03. The number of hydrogen-bond donors (Lipinski definition) is 1. The van der Waals surface area contributed by atoms with Crippen molar-refractivity contribution in [1.82, 2.24) is 10.2 Å². The number of carbonyl (C=O) groups is 2. The number of ether oxygens (including phenoxy) is 1. The van der Waals surface area contributed by atoms with Gasteiger partial charge in [-0.1, -0.05) is 71.7 Å². The van der Waals surface area contributed by atoms with Crippen molar-refractivity contribution >= 4 is 35.0 Å². The Morgan fingerprint density at radius 2 is 1.61 bits per heavy atom. The lowest BCUT2D eigenvalue weighted by atomic mass is 10.0. The molecule has 3 rings (SSSR count). The lowest BCUT2D eigenvalue weighted by molar-refractivity contribution is -0.143. The number of carbonyl (C=O) groups excluding carboxylic acids is 2. The molecule has 1 atom stereocenters. The smallest absolute Gasteiger partial charge is 0.261 e. The molecule has 36 heavy (non-hydrogen) atoms. The molecule has 0 aliphatic heterocycles. The van der Waals surface area contributed by atoms with Crippen LogP contribution in [0.4, 0.5) is 4.39 Å². The van der Waals surface area contributed by atoms with Crippen molar-refractivity contribution in [3.05, 3.63) is 99.8 Å². The molecule has 0 heterocycles. The molecule has 0 fully saturated rings. The maximum Gasteiger partial charge on any atom is 0.261 e. The van der Waals surface area contributed by atoms with Crippen molar-refractivity contribution < 1.29 is 18.7 Å². The molecule has 0 aliphatic carbocycles. The van der Waals surface area contributed by atoms with Crippen molar-refractivity contribution in [3.63, 3.8) is 0 Å². The number of halogens is 3. The van der Waals surface area contributed by atoms with Crippen molar-refractivity contribution in [2.24, 2.45) is 0 Å². The molecule has 0 spiro atoms. The molecule has 3 aromatic rings. The van der Waals surface area contributed by atoms with Crippen LogP contribution in [0.3, 0.4) is 0 Å². The number of hydrogen-bond acceptors (Lipinski definition) is 3. The van der Waals surface area contributed by atoms with Gasteiger partial charge in [0.1, 0.15) is 6.04 Å². The Morgan fingerprint density at radius 1 is 0.944 bits per heavy atom. The van der Waals surface area contributed by atoms with Gasteiger partial charge >= 0.3 is 0 Å². The summed E-state index contributed by atoms with van der Waals surface area (Å²) in [5.74, 6) is -1.41. The molecule has 1 unspecified atom stereocenters. The first-order valence-electron chi connectivity index (χ1n) is 11.5. The average Bonchev–Trinajstić information content (AvgIpc) is 2.82. The van der Waals surface area contributed by atoms with Crippen molar-refractivity contribution in [2.45, 2.75) is 45.3 Å².